The van der Waals surface area contributed by atoms with Gasteiger partial charge in [-0.05, 0) is 49.1 Å². The van der Waals surface area contributed by atoms with Crippen LogP contribution in [0.4, 0.5) is 5.69 Å². The third-order valence-corrected chi connectivity index (χ3v) is 3.48. The molecule has 0 unspecified atom stereocenters. The van der Waals surface area contributed by atoms with Gasteiger partial charge >= 0.3 is 0 Å². The molecule has 0 spiro atoms. The fourth-order valence-electron chi connectivity index (χ4n) is 1.70. The van der Waals surface area contributed by atoms with E-state index < -0.39 is 0 Å². The second kappa shape index (κ2) is 5.74. The molecule has 2 rings (SSSR count). The Hall–Kier alpha value is -1.74. The maximum Gasteiger partial charge on any atom is 0.255 e. The number of carbonyl (C=O) groups is 1. The number of hydrogen-bond donors (Lipinski definition) is 1. The predicted octanol–water partition coefficient (Wildman–Crippen LogP) is 3.97. The topological polar surface area (TPSA) is 29.1 Å². The van der Waals surface area contributed by atoms with Crippen LogP contribution in [-0.2, 0) is 0 Å². The first-order valence-corrected chi connectivity index (χ1v) is 6.94. The van der Waals surface area contributed by atoms with Crippen LogP contribution in [0.25, 0.3) is 0 Å². The van der Waals surface area contributed by atoms with Crippen molar-refractivity contribution in [2.75, 3.05) is 11.6 Å². The zero-order chi connectivity index (χ0) is 13.0. The van der Waals surface area contributed by atoms with Gasteiger partial charge in [0.05, 0.1) is 0 Å². The van der Waals surface area contributed by atoms with E-state index in [9.17, 15) is 4.79 Å². The van der Waals surface area contributed by atoms with Gasteiger partial charge in [0, 0.05) is 16.1 Å². The standard InChI is InChI=1S/C15H15NOS/c1-11-5-3-4-6-14(11)15(17)16-12-7-9-13(18-2)10-8-12/h3-10H,1-2H3,(H,16,17). The zero-order valence-corrected chi connectivity index (χ0v) is 11.3. The quantitative estimate of drug-likeness (QED) is 0.843. The molecule has 1 N–H and O–H groups in total. The van der Waals surface area contributed by atoms with Crippen molar-refractivity contribution in [2.45, 2.75) is 11.8 Å². The van der Waals surface area contributed by atoms with Gasteiger partial charge in [0.25, 0.3) is 5.91 Å². The fraction of sp³-hybridized carbons (Fsp3) is 0.133. The molecule has 0 aliphatic heterocycles. The maximum absolute atomic E-state index is 12.1. The highest BCUT2D eigenvalue weighted by Gasteiger charge is 2.07. The zero-order valence-electron chi connectivity index (χ0n) is 10.4. The van der Waals surface area contributed by atoms with E-state index in [-0.39, 0.29) is 5.91 Å². The first kappa shape index (κ1) is 12.7. The lowest BCUT2D eigenvalue weighted by Crippen LogP contribution is -2.13. The van der Waals surface area contributed by atoms with E-state index in [1.165, 1.54) is 4.90 Å². The number of carbonyl (C=O) groups excluding carboxylic acids is 1. The third kappa shape index (κ3) is 2.93. The molecule has 0 aliphatic rings. The molecule has 1 amide bonds. The van der Waals surface area contributed by atoms with Crippen LogP contribution in [-0.4, -0.2) is 12.2 Å². The molecule has 2 aromatic carbocycles. The summed E-state index contributed by atoms with van der Waals surface area (Å²) in [5.41, 5.74) is 2.52. The molecule has 2 aromatic rings. The Balaban J connectivity index is 2.14. The van der Waals surface area contributed by atoms with Gasteiger partial charge in [-0.2, -0.15) is 0 Å². The van der Waals surface area contributed by atoms with E-state index in [1.807, 2.05) is 61.7 Å². The van der Waals surface area contributed by atoms with Crippen molar-refractivity contribution in [3.8, 4) is 0 Å². The summed E-state index contributed by atoms with van der Waals surface area (Å²) in [6, 6.07) is 15.4. The van der Waals surface area contributed by atoms with Crippen molar-refractivity contribution in [1.29, 1.82) is 0 Å². The molecule has 92 valence electrons. The lowest BCUT2D eigenvalue weighted by Gasteiger charge is -2.07. The average Bonchev–Trinajstić information content (AvgIpc) is 2.40. The minimum atomic E-state index is -0.0648. The van der Waals surface area contributed by atoms with Crippen LogP contribution in [0.2, 0.25) is 0 Å². The molecular weight excluding hydrogens is 242 g/mol. The number of amides is 1. The largest absolute Gasteiger partial charge is 0.322 e. The minimum absolute atomic E-state index is 0.0648. The highest BCUT2D eigenvalue weighted by atomic mass is 32.2. The van der Waals surface area contributed by atoms with Crippen molar-refractivity contribution in [2.24, 2.45) is 0 Å². The molecule has 0 aliphatic carbocycles. The smallest absolute Gasteiger partial charge is 0.255 e. The van der Waals surface area contributed by atoms with Crippen LogP contribution in [0.5, 0.6) is 0 Å². The molecule has 18 heavy (non-hydrogen) atoms. The van der Waals surface area contributed by atoms with E-state index in [4.69, 9.17) is 0 Å². The van der Waals surface area contributed by atoms with Crippen molar-refractivity contribution >= 4 is 23.4 Å². The normalized spacial score (nSPS) is 10.1. The van der Waals surface area contributed by atoms with Gasteiger partial charge in [-0.1, -0.05) is 18.2 Å². The van der Waals surface area contributed by atoms with E-state index in [2.05, 4.69) is 5.32 Å². The molecule has 0 heterocycles. The van der Waals surface area contributed by atoms with E-state index in [0.717, 1.165) is 11.3 Å². The Morgan fingerprint density at radius 3 is 2.33 bits per heavy atom. The summed E-state index contributed by atoms with van der Waals surface area (Å²) in [5, 5.41) is 2.90. The number of aryl methyl sites for hydroxylation is 1. The second-order valence-electron chi connectivity index (χ2n) is 4.00. The maximum atomic E-state index is 12.1. The van der Waals surface area contributed by atoms with Crippen molar-refractivity contribution in [3.05, 3.63) is 59.7 Å². The Kier molecular flexibility index (Phi) is 4.05. The Labute approximate surface area is 111 Å². The van der Waals surface area contributed by atoms with Crippen LogP contribution in [0.1, 0.15) is 15.9 Å². The van der Waals surface area contributed by atoms with E-state index >= 15 is 0 Å². The number of benzene rings is 2. The summed E-state index contributed by atoms with van der Waals surface area (Å²) in [6.45, 7) is 1.94. The first-order chi connectivity index (χ1) is 8.70. The molecule has 0 saturated carbocycles. The third-order valence-electron chi connectivity index (χ3n) is 2.74. The molecule has 2 nitrogen and oxygen atoms in total. The van der Waals surface area contributed by atoms with Crippen molar-refractivity contribution in [1.82, 2.24) is 0 Å². The SMILES string of the molecule is CSc1ccc(NC(=O)c2ccccc2C)cc1. The van der Waals surface area contributed by atoms with Crippen molar-refractivity contribution < 1.29 is 4.79 Å². The molecule has 0 aromatic heterocycles. The van der Waals surface area contributed by atoms with Gasteiger partial charge in [0.15, 0.2) is 0 Å². The van der Waals surface area contributed by atoms with Crippen LogP contribution in [0, 0.1) is 6.92 Å². The van der Waals surface area contributed by atoms with Crippen LogP contribution in [0.3, 0.4) is 0 Å². The highest BCUT2D eigenvalue weighted by molar-refractivity contribution is 7.98. The lowest BCUT2D eigenvalue weighted by atomic mass is 10.1. The molecule has 0 atom stereocenters. The number of thioether (sulfide) groups is 1. The Bertz CT molecular complexity index is 549. The van der Waals surface area contributed by atoms with Gasteiger partial charge in [-0.3, -0.25) is 4.79 Å². The number of hydrogen-bond acceptors (Lipinski definition) is 2. The summed E-state index contributed by atoms with van der Waals surface area (Å²) >= 11 is 1.68. The minimum Gasteiger partial charge on any atom is -0.322 e. The molecular formula is C15H15NOS. The van der Waals surface area contributed by atoms with E-state index in [0.29, 0.717) is 5.56 Å². The number of anilines is 1. The molecule has 0 bridgehead atoms. The predicted molar refractivity (Wildman–Crippen MR) is 77.4 cm³/mol. The summed E-state index contributed by atoms with van der Waals surface area (Å²) in [6.07, 6.45) is 2.03. The van der Waals surface area contributed by atoms with Gasteiger partial charge in [-0.25, -0.2) is 0 Å². The lowest BCUT2D eigenvalue weighted by molar-refractivity contribution is 0.102. The van der Waals surface area contributed by atoms with Crippen molar-refractivity contribution in [3.63, 3.8) is 0 Å². The molecule has 0 fully saturated rings. The molecule has 3 heteroatoms. The Morgan fingerprint density at radius 1 is 1.06 bits per heavy atom. The van der Waals surface area contributed by atoms with Gasteiger partial charge in [0.2, 0.25) is 0 Å². The Morgan fingerprint density at radius 2 is 1.72 bits per heavy atom. The van der Waals surface area contributed by atoms with Gasteiger partial charge in [0.1, 0.15) is 0 Å². The first-order valence-electron chi connectivity index (χ1n) is 5.72. The van der Waals surface area contributed by atoms with Crippen LogP contribution >= 0.6 is 11.8 Å². The van der Waals surface area contributed by atoms with E-state index in [1.54, 1.807) is 11.8 Å². The number of nitrogens with one attached hydrogen (secondary N) is 1. The van der Waals surface area contributed by atoms with Gasteiger partial charge in [-0.15, -0.1) is 11.8 Å². The summed E-state index contributed by atoms with van der Waals surface area (Å²) in [7, 11) is 0. The molecule has 0 radical (unpaired) electrons. The summed E-state index contributed by atoms with van der Waals surface area (Å²) < 4.78 is 0. The average molecular weight is 257 g/mol. The summed E-state index contributed by atoms with van der Waals surface area (Å²) in [5.74, 6) is -0.0648. The second-order valence-corrected chi connectivity index (χ2v) is 4.88. The summed E-state index contributed by atoms with van der Waals surface area (Å²) in [4.78, 5) is 13.3. The monoisotopic (exact) mass is 257 g/mol. The number of rotatable bonds is 3. The van der Waals surface area contributed by atoms with Crippen LogP contribution < -0.4 is 5.32 Å². The molecule has 0 saturated heterocycles. The highest BCUT2D eigenvalue weighted by Crippen LogP contribution is 2.18. The van der Waals surface area contributed by atoms with Gasteiger partial charge < -0.3 is 5.32 Å². The van der Waals surface area contributed by atoms with Crippen LogP contribution in [0.15, 0.2) is 53.4 Å². The fourth-order valence-corrected chi connectivity index (χ4v) is 2.11.